The highest BCUT2D eigenvalue weighted by molar-refractivity contribution is 8.00. The van der Waals surface area contributed by atoms with E-state index in [1.54, 1.807) is 13.0 Å². The van der Waals surface area contributed by atoms with E-state index in [2.05, 4.69) is 4.98 Å². The third-order valence-corrected chi connectivity index (χ3v) is 3.62. The van der Waals surface area contributed by atoms with Crippen molar-refractivity contribution in [3.05, 3.63) is 23.9 Å². The molecule has 0 radical (unpaired) electrons. The summed E-state index contributed by atoms with van der Waals surface area (Å²) < 4.78 is 4.99. The standard InChI is InChI=1S/C13H17NO4S/c1-3-6-10(13(17)18-4-2)19-11-9(12(15)16)7-5-8-14-11/h5,7-8,10H,3-4,6H2,1-2H3,(H,15,16). The van der Waals surface area contributed by atoms with Crippen molar-refractivity contribution in [1.82, 2.24) is 4.98 Å². The summed E-state index contributed by atoms with van der Waals surface area (Å²) in [6, 6.07) is 3.04. The minimum Gasteiger partial charge on any atom is -0.478 e. The van der Waals surface area contributed by atoms with E-state index in [0.29, 0.717) is 18.1 Å². The molecule has 0 saturated carbocycles. The number of aromatic nitrogens is 1. The second-order valence-corrected chi connectivity index (χ2v) is 5.00. The Hall–Kier alpha value is -1.56. The number of ether oxygens (including phenoxy) is 1. The summed E-state index contributed by atoms with van der Waals surface area (Å²) in [6.45, 7) is 4.02. The average molecular weight is 283 g/mol. The minimum atomic E-state index is -1.05. The fraction of sp³-hybridized carbons (Fsp3) is 0.462. The number of hydrogen-bond acceptors (Lipinski definition) is 5. The minimum absolute atomic E-state index is 0.109. The third-order valence-electron chi connectivity index (χ3n) is 2.36. The van der Waals surface area contributed by atoms with Crippen LogP contribution in [0.25, 0.3) is 0 Å². The van der Waals surface area contributed by atoms with Gasteiger partial charge in [-0.2, -0.15) is 0 Å². The molecule has 1 rings (SSSR count). The predicted molar refractivity (Wildman–Crippen MR) is 72.4 cm³/mol. The van der Waals surface area contributed by atoms with Gasteiger partial charge in [0, 0.05) is 6.20 Å². The number of nitrogens with zero attached hydrogens (tertiary/aromatic N) is 1. The van der Waals surface area contributed by atoms with Gasteiger partial charge in [-0.25, -0.2) is 9.78 Å². The number of carboxylic acid groups (broad SMARTS) is 1. The van der Waals surface area contributed by atoms with Crippen molar-refractivity contribution in [2.75, 3.05) is 6.61 Å². The van der Waals surface area contributed by atoms with E-state index >= 15 is 0 Å². The highest BCUT2D eigenvalue weighted by atomic mass is 32.2. The molecule has 0 spiro atoms. The molecular weight excluding hydrogens is 266 g/mol. The quantitative estimate of drug-likeness (QED) is 0.612. The second kappa shape index (κ2) is 7.78. The second-order valence-electron chi connectivity index (χ2n) is 3.81. The zero-order valence-electron chi connectivity index (χ0n) is 11.0. The molecule has 0 aliphatic carbocycles. The van der Waals surface area contributed by atoms with Gasteiger partial charge in [-0.1, -0.05) is 25.1 Å². The molecule has 0 bridgehead atoms. The van der Waals surface area contributed by atoms with E-state index in [1.807, 2.05) is 6.92 Å². The fourth-order valence-corrected chi connectivity index (χ4v) is 2.70. The highest BCUT2D eigenvalue weighted by Gasteiger charge is 2.23. The van der Waals surface area contributed by atoms with Crippen LogP contribution in [0.5, 0.6) is 0 Å². The first kappa shape index (κ1) is 15.5. The Morgan fingerprint density at radius 1 is 1.47 bits per heavy atom. The largest absolute Gasteiger partial charge is 0.478 e. The Balaban J connectivity index is 2.90. The summed E-state index contributed by atoms with van der Waals surface area (Å²) in [4.78, 5) is 26.9. The van der Waals surface area contributed by atoms with Crippen LogP contribution >= 0.6 is 11.8 Å². The van der Waals surface area contributed by atoms with Gasteiger partial charge in [-0.15, -0.1) is 0 Å². The number of carbonyl (C=O) groups excluding carboxylic acids is 1. The van der Waals surface area contributed by atoms with Crippen molar-refractivity contribution in [1.29, 1.82) is 0 Å². The highest BCUT2D eigenvalue weighted by Crippen LogP contribution is 2.28. The molecule has 1 atom stereocenters. The van der Waals surface area contributed by atoms with E-state index in [-0.39, 0.29) is 11.5 Å². The van der Waals surface area contributed by atoms with Gasteiger partial charge < -0.3 is 9.84 Å². The van der Waals surface area contributed by atoms with Crippen LogP contribution in [-0.2, 0) is 9.53 Å². The van der Waals surface area contributed by atoms with Gasteiger partial charge in [-0.3, -0.25) is 4.79 Å². The predicted octanol–water partition coefficient (Wildman–Crippen LogP) is 2.60. The van der Waals surface area contributed by atoms with Crippen LogP contribution in [0.2, 0.25) is 0 Å². The number of carbonyl (C=O) groups is 2. The van der Waals surface area contributed by atoms with Crippen LogP contribution in [-0.4, -0.2) is 33.9 Å². The Morgan fingerprint density at radius 3 is 2.79 bits per heavy atom. The molecule has 5 nitrogen and oxygen atoms in total. The number of rotatable bonds is 7. The average Bonchev–Trinajstić information content (AvgIpc) is 2.39. The number of hydrogen-bond donors (Lipinski definition) is 1. The van der Waals surface area contributed by atoms with Gasteiger partial charge in [0.05, 0.1) is 12.2 Å². The van der Waals surface area contributed by atoms with Gasteiger partial charge in [0.25, 0.3) is 0 Å². The van der Waals surface area contributed by atoms with Crippen LogP contribution in [0, 0.1) is 0 Å². The molecule has 0 aromatic carbocycles. The molecule has 1 aromatic rings. The summed E-state index contributed by atoms with van der Waals surface area (Å²) in [6.07, 6.45) is 2.95. The monoisotopic (exact) mass is 283 g/mol. The summed E-state index contributed by atoms with van der Waals surface area (Å²) in [5.41, 5.74) is 0.109. The van der Waals surface area contributed by atoms with Crippen molar-refractivity contribution in [3.63, 3.8) is 0 Å². The first-order chi connectivity index (χ1) is 9.10. The zero-order chi connectivity index (χ0) is 14.3. The Morgan fingerprint density at radius 2 is 2.21 bits per heavy atom. The van der Waals surface area contributed by atoms with E-state index in [0.717, 1.165) is 18.2 Å². The van der Waals surface area contributed by atoms with Crippen molar-refractivity contribution in [3.8, 4) is 0 Å². The molecule has 104 valence electrons. The first-order valence-corrected chi connectivity index (χ1v) is 6.99. The summed E-state index contributed by atoms with van der Waals surface area (Å²) in [7, 11) is 0. The van der Waals surface area contributed by atoms with Crippen molar-refractivity contribution < 1.29 is 19.4 Å². The van der Waals surface area contributed by atoms with Crippen molar-refractivity contribution in [2.24, 2.45) is 0 Å². The molecular formula is C13H17NO4S. The Labute approximate surface area is 116 Å². The van der Waals surface area contributed by atoms with Gasteiger partial charge >= 0.3 is 11.9 Å². The maximum Gasteiger partial charge on any atom is 0.338 e. The van der Waals surface area contributed by atoms with E-state index in [1.165, 1.54) is 12.3 Å². The van der Waals surface area contributed by atoms with Gasteiger partial charge in [0.15, 0.2) is 0 Å². The molecule has 0 saturated heterocycles. The molecule has 1 unspecified atom stereocenters. The lowest BCUT2D eigenvalue weighted by Crippen LogP contribution is -2.20. The number of aromatic carboxylic acids is 1. The molecule has 1 N–H and O–H groups in total. The number of esters is 1. The van der Waals surface area contributed by atoms with Crippen molar-refractivity contribution >= 4 is 23.7 Å². The molecule has 6 heteroatoms. The Bertz CT molecular complexity index is 450. The summed E-state index contributed by atoms with van der Waals surface area (Å²) in [5, 5.41) is 9.01. The molecule has 1 heterocycles. The van der Waals surface area contributed by atoms with Crippen LogP contribution in [0.15, 0.2) is 23.4 Å². The summed E-state index contributed by atoms with van der Waals surface area (Å²) in [5.74, 6) is -1.37. The normalized spacial score (nSPS) is 11.9. The lowest BCUT2D eigenvalue weighted by molar-refractivity contribution is -0.142. The number of thioether (sulfide) groups is 1. The van der Waals surface area contributed by atoms with Gasteiger partial charge in [0.2, 0.25) is 0 Å². The van der Waals surface area contributed by atoms with Crippen LogP contribution in [0.4, 0.5) is 0 Å². The lowest BCUT2D eigenvalue weighted by Gasteiger charge is -2.14. The van der Waals surface area contributed by atoms with E-state index in [4.69, 9.17) is 9.84 Å². The van der Waals surface area contributed by atoms with Crippen LogP contribution < -0.4 is 0 Å². The molecule has 0 fully saturated rings. The first-order valence-electron chi connectivity index (χ1n) is 6.11. The van der Waals surface area contributed by atoms with E-state index < -0.39 is 11.2 Å². The van der Waals surface area contributed by atoms with Crippen LogP contribution in [0.3, 0.4) is 0 Å². The smallest absolute Gasteiger partial charge is 0.338 e. The molecule has 1 aromatic heterocycles. The number of pyridine rings is 1. The summed E-state index contributed by atoms with van der Waals surface area (Å²) >= 11 is 1.15. The molecule has 0 amide bonds. The SMILES string of the molecule is CCCC(Sc1ncccc1C(=O)O)C(=O)OCC. The number of carboxylic acids is 1. The van der Waals surface area contributed by atoms with Crippen molar-refractivity contribution in [2.45, 2.75) is 37.0 Å². The maximum atomic E-state index is 11.8. The topological polar surface area (TPSA) is 76.5 Å². The molecule has 0 aliphatic rings. The maximum absolute atomic E-state index is 11.8. The Kier molecular flexibility index (Phi) is 6.35. The van der Waals surface area contributed by atoms with Gasteiger partial charge in [-0.05, 0) is 25.5 Å². The molecule has 19 heavy (non-hydrogen) atoms. The van der Waals surface area contributed by atoms with Crippen LogP contribution in [0.1, 0.15) is 37.0 Å². The zero-order valence-corrected chi connectivity index (χ0v) is 11.8. The lowest BCUT2D eigenvalue weighted by atomic mass is 10.2. The van der Waals surface area contributed by atoms with Gasteiger partial charge in [0.1, 0.15) is 10.3 Å². The fourth-order valence-electron chi connectivity index (χ4n) is 1.50. The third kappa shape index (κ3) is 4.55. The van der Waals surface area contributed by atoms with E-state index in [9.17, 15) is 9.59 Å². The molecule has 0 aliphatic heterocycles.